The summed E-state index contributed by atoms with van der Waals surface area (Å²) in [6, 6.07) is 14.4. The van der Waals surface area contributed by atoms with Gasteiger partial charge in [-0.15, -0.1) is 0 Å². The Bertz CT molecular complexity index is 1030. The standard InChI is InChI=1S/C21H22N4O3/c1-3-6-20(26)24-16-8-4-7-15(12-16)13-22-18-11-14(2)23-21-17(18)9-5-10-19(21)25(27)28/h4-5,7-12H,3,6,13H2,1-2H3,(H,22,23)(H,24,26). The molecular formula is C21H22N4O3. The molecule has 0 aliphatic rings. The molecule has 0 saturated heterocycles. The molecule has 28 heavy (non-hydrogen) atoms. The number of para-hydroxylation sites is 1. The van der Waals surface area contributed by atoms with E-state index in [0.29, 0.717) is 29.6 Å². The van der Waals surface area contributed by atoms with Gasteiger partial charge in [-0.3, -0.25) is 14.9 Å². The highest BCUT2D eigenvalue weighted by Gasteiger charge is 2.15. The molecule has 1 aromatic heterocycles. The summed E-state index contributed by atoms with van der Waals surface area (Å²) in [5.74, 6) is -0.00401. The quantitative estimate of drug-likeness (QED) is 0.454. The first kappa shape index (κ1) is 19.3. The first-order chi connectivity index (χ1) is 13.5. The number of fused-ring (bicyclic) bond motifs is 1. The molecule has 3 aromatic rings. The fraction of sp³-hybridized carbons (Fsp3) is 0.238. The summed E-state index contributed by atoms with van der Waals surface area (Å²) in [7, 11) is 0. The summed E-state index contributed by atoms with van der Waals surface area (Å²) in [5, 5.41) is 18.2. The van der Waals surface area contributed by atoms with Crippen molar-refractivity contribution in [2.45, 2.75) is 33.2 Å². The highest BCUT2D eigenvalue weighted by atomic mass is 16.6. The van der Waals surface area contributed by atoms with Crippen molar-refractivity contribution in [2.75, 3.05) is 10.6 Å². The molecular weight excluding hydrogens is 356 g/mol. The predicted octanol–water partition coefficient (Wildman–Crippen LogP) is 4.80. The number of nitro groups is 1. The number of benzene rings is 2. The maximum atomic E-state index is 11.8. The van der Waals surface area contributed by atoms with Crippen LogP contribution < -0.4 is 10.6 Å². The van der Waals surface area contributed by atoms with Crippen LogP contribution in [-0.4, -0.2) is 15.8 Å². The van der Waals surface area contributed by atoms with E-state index >= 15 is 0 Å². The minimum absolute atomic E-state index is 0.00401. The fourth-order valence-electron chi connectivity index (χ4n) is 3.06. The first-order valence-electron chi connectivity index (χ1n) is 9.15. The number of nitrogens with zero attached hydrogens (tertiary/aromatic N) is 2. The van der Waals surface area contributed by atoms with E-state index in [2.05, 4.69) is 15.6 Å². The van der Waals surface area contributed by atoms with Gasteiger partial charge in [-0.2, -0.15) is 0 Å². The van der Waals surface area contributed by atoms with Gasteiger partial charge >= 0.3 is 0 Å². The monoisotopic (exact) mass is 378 g/mol. The van der Waals surface area contributed by atoms with Gasteiger partial charge in [-0.05, 0) is 37.1 Å². The molecule has 0 spiro atoms. The van der Waals surface area contributed by atoms with Crippen molar-refractivity contribution in [1.29, 1.82) is 0 Å². The molecule has 0 saturated carbocycles. The molecule has 1 amide bonds. The van der Waals surface area contributed by atoms with Crippen LogP contribution in [0.1, 0.15) is 31.0 Å². The number of carbonyl (C=O) groups excluding carboxylic acids is 1. The topological polar surface area (TPSA) is 97.2 Å². The summed E-state index contributed by atoms with van der Waals surface area (Å²) < 4.78 is 0. The number of amides is 1. The van der Waals surface area contributed by atoms with Gasteiger partial charge in [0.25, 0.3) is 5.69 Å². The summed E-state index contributed by atoms with van der Waals surface area (Å²) >= 11 is 0. The largest absolute Gasteiger partial charge is 0.380 e. The van der Waals surface area contributed by atoms with E-state index in [1.165, 1.54) is 6.07 Å². The lowest BCUT2D eigenvalue weighted by atomic mass is 10.1. The predicted molar refractivity (Wildman–Crippen MR) is 110 cm³/mol. The molecule has 0 atom stereocenters. The zero-order chi connectivity index (χ0) is 20.1. The van der Waals surface area contributed by atoms with E-state index in [4.69, 9.17) is 0 Å². The highest BCUT2D eigenvalue weighted by Crippen LogP contribution is 2.30. The number of anilines is 2. The van der Waals surface area contributed by atoms with Gasteiger partial charge in [0.05, 0.1) is 4.92 Å². The van der Waals surface area contributed by atoms with Gasteiger partial charge < -0.3 is 10.6 Å². The Hall–Kier alpha value is -3.48. The van der Waals surface area contributed by atoms with E-state index < -0.39 is 4.92 Å². The summed E-state index contributed by atoms with van der Waals surface area (Å²) in [5.41, 5.74) is 3.59. The lowest BCUT2D eigenvalue weighted by Gasteiger charge is -2.12. The Kier molecular flexibility index (Phi) is 5.84. The Morgan fingerprint density at radius 2 is 1.96 bits per heavy atom. The molecule has 0 fully saturated rings. The third-order valence-corrected chi connectivity index (χ3v) is 4.31. The number of nitro benzene ring substituents is 1. The number of hydrogen-bond donors (Lipinski definition) is 2. The molecule has 3 rings (SSSR count). The van der Waals surface area contributed by atoms with Crippen LogP contribution in [0.5, 0.6) is 0 Å². The minimum Gasteiger partial charge on any atom is -0.380 e. The van der Waals surface area contributed by atoms with Crippen LogP contribution in [0.3, 0.4) is 0 Å². The molecule has 0 radical (unpaired) electrons. The summed E-state index contributed by atoms with van der Waals surface area (Å²) in [6.45, 7) is 4.29. The van der Waals surface area contributed by atoms with Gasteiger partial charge in [0.2, 0.25) is 5.91 Å². The van der Waals surface area contributed by atoms with Crippen LogP contribution in [0, 0.1) is 17.0 Å². The number of aromatic nitrogens is 1. The number of carbonyl (C=O) groups is 1. The maximum Gasteiger partial charge on any atom is 0.295 e. The van der Waals surface area contributed by atoms with E-state index in [1.54, 1.807) is 6.07 Å². The first-order valence-corrected chi connectivity index (χ1v) is 9.15. The van der Waals surface area contributed by atoms with Crippen LogP contribution >= 0.6 is 0 Å². The second-order valence-electron chi connectivity index (χ2n) is 6.59. The van der Waals surface area contributed by atoms with E-state index in [1.807, 2.05) is 50.2 Å². The average Bonchev–Trinajstić information content (AvgIpc) is 2.66. The van der Waals surface area contributed by atoms with Crippen molar-refractivity contribution in [2.24, 2.45) is 0 Å². The SMILES string of the molecule is CCCC(=O)Nc1cccc(CNc2cc(C)nc3c([N+](=O)[O-])cccc23)c1. The fourth-order valence-corrected chi connectivity index (χ4v) is 3.06. The number of aryl methyl sites for hydroxylation is 1. The van der Waals surface area contributed by atoms with Gasteiger partial charge in [0, 0.05) is 41.5 Å². The molecule has 144 valence electrons. The van der Waals surface area contributed by atoms with Crippen molar-refractivity contribution < 1.29 is 9.72 Å². The third-order valence-electron chi connectivity index (χ3n) is 4.31. The van der Waals surface area contributed by atoms with Crippen LogP contribution in [-0.2, 0) is 11.3 Å². The van der Waals surface area contributed by atoms with Crippen molar-refractivity contribution >= 4 is 33.9 Å². The number of hydrogen-bond acceptors (Lipinski definition) is 5. The van der Waals surface area contributed by atoms with Gasteiger partial charge in [-0.1, -0.05) is 31.2 Å². The Balaban J connectivity index is 1.83. The number of pyridine rings is 1. The van der Waals surface area contributed by atoms with Crippen molar-refractivity contribution in [3.8, 4) is 0 Å². The zero-order valence-electron chi connectivity index (χ0n) is 15.9. The van der Waals surface area contributed by atoms with E-state index in [-0.39, 0.29) is 11.6 Å². The third kappa shape index (κ3) is 4.43. The van der Waals surface area contributed by atoms with Crippen LogP contribution in [0.15, 0.2) is 48.5 Å². The Morgan fingerprint density at radius 1 is 1.18 bits per heavy atom. The van der Waals surface area contributed by atoms with Gasteiger partial charge in [0.1, 0.15) is 0 Å². The maximum absolute atomic E-state index is 11.8. The van der Waals surface area contributed by atoms with Crippen LogP contribution in [0.4, 0.5) is 17.1 Å². The molecule has 0 aliphatic heterocycles. The van der Waals surface area contributed by atoms with E-state index in [0.717, 1.165) is 23.4 Å². The molecule has 2 aromatic carbocycles. The normalized spacial score (nSPS) is 10.6. The lowest BCUT2D eigenvalue weighted by molar-refractivity contribution is -0.383. The second-order valence-corrected chi connectivity index (χ2v) is 6.59. The number of rotatable bonds is 7. The molecule has 7 nitrogen and oxygen atoms in total. The number of non-ortho nitro benzene ring substituents is 1. The highest BCUT2D eigenvalue weighted by molar-refractivity contribution is 5.96. The van der Waals surface area contributed by atoms with Crippen LogP contribution in [0.2, 0.25) is 0 Å². The van der Waals surface area contributed by atoms with E-state index in [9.17, 15) is 14.9 Å². The van der Waals surface area contributed by atoms with Crippen molar-refractivity contribution in [3.05, 3.63) is 69.9 Å². The smallest absolute Gasteiger partial charge is 0.295 e. The molecule has 7 heteroatoms. The van der Waals surface area contributed by atoms with Gasteiger partial charge in [0.15, 0.2) is 5.52 Å². The Labute approximate surface area is 162 Å². The summed E-state index contributed by atoms with van der Waals surface area (Å²) in [4.78, 5) is 27.0. The van der Waals surface area contributed by atoms with Gasteiger partial charge in [-0.25, -0.2) is 4.98 Å². The average molecular weight is 378 g/mol. The Morgan fingerprint density at radius 3 is 2.71 bits per heavy atom. The van der Waals surface area contributed by atoms with Crippen LogP contribution in [0.25, 0.3) is 10.9 Å². The zero-order valence-corrected chi connectivity index (χ0v) is 15.9. The second kappa shape index (κ2) is 8.47. The molecule has 0 bridgehead atoms. The molecule has 2 N–H and O–H groups in total. The molecule has 0 unspecified atom stereocenters. The lowest BCUT2D eigenvalue weighted by Crippen LogP contribution is -2.11. The molecule has 0 aliphatic carbocycles. The number of nitrogens with one attached hydrogen (secondary N) is 2. The van der Waals surface area contributed by atoms with Crippen molar-refractivity contribution in [3.63, 3.8) is 0 Å². The minimum atomic E-state index is -0.416. The van der Waals surface area contributed by atoms with Crippen molar-refractivity contribution in [1.82, 2.24) is 4.98 Å². The summed E-state index contributed by atoms with van der Waals surface area (Å²) in [6.07, 6.45) is 1.29. The molecule has 1 heterocycles.